The van der Waals surface area contributed by atoms with Crippen molar-refractivity contribution in [1.82, 2.24) is 25.0 Å². The number of nitrogens with zero attached hydrogens (tertiary/aromatic N) is 5. The number of aromatic nitrogens is 5. The van der Waals surface area contributed by atoms with Crippen molar-refractivity contribution >= 4 is 5.95 Å². The number of nitrogens with one attached hydrogen (secondary N) is 1. The van der Waals surface area contributed by atoms with Crippen LogP contribution in [0.5, 0.6) is 0 Å². The lowest BCUT2D eigenvalue weighted by molar-refractivity contribution is 0.567. The third-order valence-electron chi connectivity index (χ3n) is 4.18. The summed E-state index contributed by atoms with van der Waals surface area (Å²) in [6.07, 6.45) is 5.28. The highest BCUT2D eigenvalue weighted by molar-refractivity contribution is 5.56. The molecule has 8 nitrogen and oxygen atoms in total. The number of hydrogen-bond acceptors (Lipinski definition) is 6. The molecule has 1 fully saturated rings. The molecule has 0 amide bonds. The van der Waals surface area contributed by atoms with Crippen LogP contribution in [0, 0.1) is 0 Å². The van der Waals surface area contributed by atoms with E-state index >= 15 is 0 Å². The zero-order valence-electron chi connectivity index (χ0n) is 12.6. The van der Waals surface area contributed by atoms with Crippen LogP contribution in [0.1, 0.15) is 24.6 Å². The quantitative estimate of drug-likeness (QED) is 0.788. The predicted octanol–water partition coefficient (Wildman–Crippen LogP) is 1.50. The fraction of sp³-hybridized carbons (Fsp3) is 0.333. The molecule has 0 radical (unpaired) electrons. The molecule has 0 saturated carbocycles. The van der Waals surface area contributed by atoms with Gasteiger partial charge in [0.25, 0.3) is 5.56 Å². The Morgan fingerprint density at radius 3 is 2.96 bits per heavy atom. The first-order chi connectivity index (χ1) is 11.2. The summed E-state index contributed by atoms with van der Waals surface area (Å²) in [6.45, 7) is 0.878. The Morgan fingerprint density at radius 1 is 1.30 bits per heavy atom. The lowest BCUT2D eigenvalue weighted by atomic mass is 10.1. The number of rotatable bonds is 3. The second-order valence-electron chi connectivity index (χ2n) is 5.59. The second-order valence-corrected chi connectivity index (χ2v) is 5.59. The first-order valence-electron chi connectivity index (χ1n) is 7.48. The van der Waals surface area contributed by atoms with Crippen LogP contribution in [-0.2, 0) is 7.05 Å². The molecule has 4 heterocycles. The van der Waals surface area contributed by atoms with Crippen molar-refractivity contribution in [3.8, 4) is 11.4 Å². The molecule has 1 aliphatic rings. The normalized spacial score (nSPS) is 17.8. The molecule has 8 heteroatoms. The van der Waals surface area contributed by atoms with Crippen LogP contribution < -0.4 is 10.5 Å². The molecule has 0 aromatic carbocycles. The van der Waals surface area contributed by atoms with Gasteiger partial charge in [0, 0.05) is 19.7 Å². The maximum Gasteiger partial charge on any atom is 0.264 e. The number of furan rings is 1. The highest BCUT2D eigenvalue weighted by Crippen LogP contribution is 2.34. The van der Waals surface area contributed by atoms with Crippen molar-refractivity contribution in [3.63, 3.8) is 0 Å². The third-order valence-corrected chi connectivity index (χ3v) is 4.18. The molecule has 118 valence electrons. The summed E-state index contributed by atoms with van der Waals surface area (Å²) >= 11 is 0. The van der Waals surface area contributed by atoms with Crippen molar-refractivity contribution in [2.45, 2.75) is 18.9 Å². The smallest absolute Gasteiger partial charge is 0.264 e. The summed E-state index contributed by atoms with van der Waals surface area (Å²) in [5, 5.41) is 15.3. The van der Waals surface area contributed by atoms with E-state index < -0.39 is 0 Å². The molecule has 3 aromatic heterocycles. The van der Waals surface area contributed by atoms with Gasteiger partial charge in [0.1, 0.15) is 6.26 Å². The number of aromatic amines is 1. The lowest BCUT2D eigenvalue weighted by Gasteiger charge is -2.24. The van der Waals surface area contributed by atoms with Crippen LogP contribution in [0.15, 0.2) is 39.9 Å². The molecule has 0 aliphatic carbocycles. The maximum atomic E-state index is 11.2. The molecular formula is C15H16N6O2. The summed E-state index contributed by atoms with van der Waals surface area (Å²) in [6, 6.07) is 5.23. The van der Waals surface area contributed by atoms with Crippen molar-refractivity contribution in [2.75, 3.05) is 11.4 Å². The molecule has 1 N–H and O–H groups in total. The van der Waals surface area contributed by atoms with E-state index in [9.17, 15) is 4.79 Å². The average Bonchev–Trinajstić information content (AvgIpc) is 3.27. The van der Waals surface area contributed by atoms with E-state index in [-0.39, 0.29) is 11.6 Å². The highest BCUT2D eigenvalue weighted by Gasteiger charge is 2.31. The van der Waals surface area contributed by atoms with Crippen molar-refractivity contribution in [3.05, 3.63) is 46.8 Å². The molecule has 23 heavy (non-hydrogen) atoms. The Kier molecular flexibility index (Phi) is 3.22. The van der Waals surface area contributed by atoms with E-state index in [0.717, 1.165) is 42.4 Å². The summed E-state index contributed by atoms with van der Waals surface area (Å²) in [4.78, 5) is 13.4. The van der Waals surface area contributed by atoms with E-state index in [1.165, 1.54) is 6.07 Å². The first kappa shape index (κ1) is 13.7. The van der Waals surface area contributed by atoms with Crippen molar-refractivity contribution in [1.29, 1.82) is 0 Å². The van der Waals surface area contributed by atoms with E-state index in [1.54, 1.807) is 18.6 Å². The van der Waals surface area contributed by atoms with Gasteiger partial charge in [-0.1, -0.05) is 0 Å². The SMILES string of the molecule is Cn1c(-c2ccoc2)nnc1N1CCCC1c1ccc(=O)[nH]n1. The number of hydrogen-bond donors (Lipinski definition) is 1. The standard InChI is InChI=1S/C15H16N6O2/c1-20-14(10-6-8-23-9-10)18-19-15(20)21-7-2-3-12(21)11-4-5-13(22)17-16-11/h4-6,8-9,12H,2-3,7H2,1H3,(H,17,22). The van der Waals surface area contributed by atoms with Gasteiger partial charge in [-0.2, -0.15) is 5.10 Å². The summed E-state index contributed by atoms with van der Waals surface area (Å²) in [7, 11) is 1.94. The molecule has 3 aromatic rings. The Balaban J connectivity index is 1.69. The van der Waals surface area contributed by atoms with Gasteiger partial charge in [-0.25, -0.2) is 5.10 Å². The van der Waals surface area contributed by atoms with Gasteiger partial charge in [0.05, 0.1) is 23.6 Å². The molecule has 0 bridgehead atoms. The van der Waals surface area contributed by atoms with Crippen LogP contribution in [0.4, 0.5) is 5.95 Å². The Hall–Kier alpha value is -2.90. The minimum absolute atomic E-state index is 0.0898. The van der Waals surface area contributed by atoms with Gasteiger partial charge in [-0.3, -0.25) is 9.36 Å². The largest absolute Gasteiger partial charge is 0.472 e. The zero-order valence-corrected chi connectivity index (χ0v) is 12.6. The van der Waals surface area contributed by atoms with Crippen LogP contribution >= 0.6 is 0 Å². The van der Waals surface area contributed by atoms with E-state index in [4.69, 9.17) is 4.42 Å². The van der Waals surface area contributed by atoms with Gasteiger partial charge in [0.2, 0.25) is 5.95 Å². The Morgan fingerprint density at radius 2 is 2.22 bits per heavy atom. The van der Waals surface area contributed by atoms with Gasteiger partial charge < -0.3 is 9.32 Å². The van der Waals surface area contributed by atoms with Crippen molar-refractivity contribution in [2.24, 2.45) is 7.05 Å². The monoisotopic (exact) mass is 312 g/mol. The summed E-state index contributed by atoms with van der Waals surface area (Å²) in [5.41, 5.74) is 1.54. The van der Waals surface area contributed by atoms with E-state index in [0.29, 0.717) is 0 Å². The van der Waals surface area contributed by atoms with Crippen molar-refractivity contribution < 1.29 is 4.42 Å². The maximum absolute atomic E-state index is 11.2. The number of H-pyrrole nitrogens is 1. The summed E-state index contributed by atoms with van der Waals surface area (Å²) < 4.78 is 7.08. The number of anilines is 1. The van der Waals surface area contributed by atoms with Crippen LogP contribution in [0.25, 0.3) is 11.4 Å². The van der Waals surface area contributed by atoms with E-state index in [1.807, 2.05) is 17.7 Å². The van der Waals surface area contributed by atoms with Gasteiger partial charge in [0.15, 0.2) is 5.82 Å². The van der Waals surface area contributed by atoms with E-state index in [2.05, 4.69) is 25.3 Å². The molecule has 1 unspecified atom stereocenters. The third kappa shape index (κ3) is 2.32. The molecular weight excluding hydrogens is 296 g/mol. The fourth-order valence-corrected chi connectivity index (χ4v) is 3.07. The van der Waals surface area contributed by atoms with Crippen LogP contribution in [-0.4, -0.2) is 31.5 Å². The zero-order chi connectivity index (χ0) is 15.8. The van der Waals surface area contributed by atoms with Crippen LogP contribution in [0.3, 0.4) is 0 Å². The minimum Gasteiger partial charge on any atom is -0.472 e. The van der Waals surface area contributed by atoms with Crippen LogP contribution in [0.2, 0.25) is 0 Å². The average molecular weight is 312 g/mol. The fourth-order valence-electron chi connectivity index (χ4n) is 3.07. The first-order valence-corrected chi connectivity index (χ1v) is 7.48. The molecule has 1 atom stereocenters. The topological polar surface area (TPSA) is 92.8 Å². The minimum atomic E-state index is -0.195. The Bertz CT molecular complexity index is 846. The molecule has 1 saturated heterocycles. The lowest BCUT2D eigenvalue weighted by Crippen LogP contribution is -2.27. The molecule has 1 aliphatic heterocycles. The Labute approximate surface area is 131 Å². The summed E-state index contributed by atoms with van der Waals surface area (Å²) in [5.74, 6) is 1.55. The molecule has 4 rings (SSSR count). The predicted molar refractivity (Wildman–Crippen MR) is 82.9 cm³/mol. The molecule has 0 spiro atoms. The van der Waals surface area contributed by atoms with Gasteiger partial charge in [-0.15, -0.1) is 10.2 Å². The van der Waals surface area contributed by atoms with Gasteiger partial charge in [-0.05, 0) is 25.0 Å². The second kappa shape index (κ2) is 5.38. The highest BCUT2D eigenvalue weighted by atomic mass is 16.3. The van der Waals surface area contributed by atoms with Gasteiger partial charge >= 0.3 is 0 Å².